The van der Waals surface area contributed by atoms with Gasteiger partial charge in [0.05, 0.1) is 17.8 Å². The van der Waals surface area contributed by atoms with Crippen LogP contribution in [0.15, 0.2) is 100 Å². The second-order valence-electron chi connectivity index (χ2n) is 9.27. The van der Waals surface area contributed by atoms with Crippen LogP contribution in [0.5, 0.6) is 0 Å². The minimum absolute atomic E-state index is 0.116. The normalized spacial score (nSPS) is 14.3. The van der Waals surface area contributed by atoms with Gasteiger partial charge >= 0.3 is 0 Å². The van der Waals surface area contributed by atoms with Crippen LogP contribution in [0.25, 0.3) is 22.8 Å². The summed E-state index contributed by atoms with van der Waals surface area (Å²) in [7, 11) is 0. The third-order valence-electron chi connectivity index (χ3n) is 6.42. The van der Waals surface area contributed by atoms with Gasteiger partial charge in [0, 0.05) is 10.6 Å². The van der Waals surface area contributed by atoms with Crippen molar-refractivity contribution in [3.8, 4) is 5.69 Å². The van der Waals surface area contributed by atoms with Crippen LogP contribution >= 0.6 is 11.6 Å². The molecule has 41 heavy (non-hydrogen) atoms. The van der Waals surface area contributed by atoms with Gasteiger partial charge in [-0.05, 0) is 42.8 Å². The van der Waals surface area contributed by atoms with Gasteiger partial charge in [-0.2, -0.15) is 5.10 Å². The van der Waals surface area contributed by atoms with Gasteiger partial charge in [-0.15, -0.1) is 0 Å². The van der Waals surface area contributed by atoms with Crippen molar-refractivity contribution in [1.29, 1.82) is 0 Å². The fraction of sp³-hybridized carbons (Fsp3) is 0.0667. The molecule has 0 fully saturated rings. The summed E-state index contributed by atoms with van der Waals surface area (Å²) in [6, 6.07) is 25.2. The van der Waals surface area contributed by atoms with Crippen LogP contribution < -0.4 is 11.0 Å². The van der Waals surface area contributed by atoms with Crippen LogP contribution in [0.1, 0.15) is 22.6 Å². The highest BCUT2D eigenvalue weighted by molar-refractivity contribution is 6.30. The molecule has 5 aromatic rings. The number of hydrogen-bond donors (Lipinski definition) is 2. The Balaban J connectivity index is 1.37. The van der Waals surface area contributed by atoms with Crippen LogP contribution in [0.3, 0.4) is 0 Å². The van der Waals surface area contributed by atoms with E-state index >= 15 is 0 Å². The van der Waals surface area contributed by atoms with Crippen molar-refractivity contribution in [3.63, 3.8) is 0 Å². The molecule has 0 bridgehead atoms. The molecule has 0 unspecified atom stereocenters. The van der Waals surface area contributed by atoms with E-state index in [-0.39, 0.29) is 23.8 Å². The molecule has 6 rings (SSSR count). The maximum atomic E-state index is 13.6. The van der Waals surface area contributed by atoms with Gasteiger partial charge < -0.3 is 4.98 Å². The average Bonchev–Trinajstić information content (AvgIpc) is 3.32. The summed E-state index contributed by atoms with van der Waals surface area (Å²) in [5.74, 6) is -0.767. The summed E-state index contributed by atoms with van der Waals surface area (Å²) in [4.78, 5) is 51.5. The number of aromatic nitrogens is 4. The number of halogens is 1. The summed E-state index contributed by atoms with van der Waals surface area (Å²) in [6.07, 6.45) is 1.29. The van der Waals surface area contributed by atoms with E-state index in [0.29, 0.717) is 27.3 Å². The Morgan fingerprint density at radius 3 is 2.34 bits per heavy atom. The van der Waals surface area contributed by atoms with E-state index in [0.717, 1.165) is 16.3 Å². The number of amidine groups is 1. The number of hydrogen-bond acceptors (Lipinski definition) is 6. The van der Waals surface area contributed by atoms with E-state index < -0.39 is 17.4 Å². The molecule has 3 aromatic carbocycles. The molecule has 11 heteroatoms. The molecule has 1 aliphatic rings. The standard InChI is InChI=1S/C30H22ClN7O3/c1-18-26-28(37(35-18)22-10-6-3-7-11-22)33-24(34-30(26)41)17-25(39)38-27(20-8-4-2-5-9-20)32-23(29(40)36-38)16-19-12-14-21(31)15-13-19/h2-16H,17H2,1H3,(H,36,40)(H,33,34,41)/b23-16+. The van der Waals surface area contributed by atoms with Crippen molar-refractivity contribution in [2.45, 2.75) is 13.3 Å². The van der Waals surface area contributed by atoms with Crippen LogP contribution in [0.4, 0.5) is 0 Å². The van der Waals surface area contributed by atoms with E-state index in [4.69, 9.17) is 11.6 Å². The maximum absolute atomic E-state index is 13.6. The van der Waals surface area contributed by atoms with Crippen molar-refractivity contribution in [2.24, 2.45) is 4.99 Å². The molecule has 0 aliphatic carbocycles. The second-order valence-corrected chi connectivity index (χ2v) is 9.71. The Morgan fingerprint density at radius 2 is 1.63 bits per heavy atom. The highest BCUT2D eigenvalue weighted by atomic mass is 35.5. The molecule has 3 heterocycles. The number of benzene rings is 3. The number of nitrogens with zero attached hydrogens (tertiary/aromatic N) is 5. The van der Waals surface area contributed by atoms with E-state index in [1.165, 1.54) is 0 Å². The number of H-pyrrole nitrogens is 1. The molecule has 0 radical (unpaired) electrons. The van der Waals surface area contributed by atoms with Gasteiger partial charge in [0.25, 0.3) is 17.4 Å². The Bertz CT molecular complexity index is 1910. The van der Waals surface area contributed by atoms with E-state index in [9.17, 15) is 14.4 Å². The Morgan fingerprint density at radius 1 is 0.951 bits per heavy atom. The largest absolute Gasteiger partial charge is 0.309 e. The molecule has 202 valence electrons. The first kappa shape index (κ1) is 25.9. The number of hydrazine groups is 1. The van der Waals surface area contributed by atoms with Gasteiger partial charge in [0.15, 0.2) is 11.5 Å². The molecule has 0 saturated heterocycles. The molecule has 0 atom stereocenters. The van der Waals surface area contributed by atoms with Crippen molar-refractivity contribution in [1.82, 2.24) is 30.2 Å². The van der Waals surface area contributed by atoms with Crippen LogP contribution in [-0.4, -0.2) is 42.4 Å². The van der Waals surface area contributed by atoms with Crippen LogP contribution in [-0.2, 0) is 16.0 Å². The highest BCUT2D eigenvalue weighted by Crippen LogP contribution is 2.20. The summed E-state index contributed by atoms with van der Waals surface area (Å²) in [5.41, 5.74) is 5.24. The quantitative estimate of drug-likeness (QED) is 0.313. The smallest absolute Gasteiger partial charge is 0.288 e. The lowest BCUT2D eigenvalue weighted by Crippen LogP contribution is -2.54. The molecule has 1 aliphatic heterocycles. The number of amides is 2. The van der Waals surface area contributed by atoms with Gasteiger partial charge in [0.1, 0.15) is 16.9 Å². The minimum atomic E-state index is -0.567. The van der Waals surface area contributed by atoms with Crippen molar-refractivity contribution in [2.75, 3.05) is 0 Å². The Labute approximate surface area is 238 Å². The van der Waals surface area contributed by atoms with E-state index in [1.54, 1.807) is 66.2 Å². The third-order valence-corrected chi connectivity index (χ3v) is 6.67. The lowest BCUT2D eigenvalue weighted by molar-refractivity contribution is -0.135. The number of aryl methyl sites for hydroxylation is 1. The van der Waals surface area contributed by atoms with E-state index in [2.05, 4.69) is 25.5 Å². The van der Waals surface area contributed by atoms with Crippen LogP contribution in [0, 0.1) is 6.92 Å². The molecule has 0 saturated carbocycles. The first-order valence-corrected chi connectivity index (χ1v) is 13.0. The zero-order valence-corrected chi connectivity index (χ0v) is 22.5. The number of fused-ring (bicyclic) bond motifs is 1. The first-order valence-electron chi connectivity index (χ1n) is 12.7. The Kier molecular flexibility index (Phi) is 6.74. The lowest BCUT2D eigenvalue weighted by atomic mass is 10.1. The number of carbonyl (C=O) groups excluding carboxylic acids is 2. The number of para-hydroxylation sites is 1. The predicted molar refractivity (Wildman–Crippen MR) is 155 cm³/mol. The average molecular weight is 564 g/mol. The zero-order valence-electron chi connectivity index (χ0n) is 21.7. The molecule has 2 aromatic heterocycles. The molecule has 0 spiro atoms. The summed E-state index contributed by atoms with van der Waals surface area (Å²) >= 11 is 5.99. The number of nitrogens with one attached hydrogen (secondary N) is 2. The van der Waals surface area contributed by atoms with Gasteiger partial charge in [-0.25, -0.2) is 19.7 Å². The molecular formula is C30H22ClN7O3. The van der Waals surface area contributed by atoms with Crippen molar-refractivity contribution >= 4 is 46.4 Å². The molecule has 2 amide bonds. The van der Waals surface area contributed by atoms with Crippen molar-refractivity contribution < 1.29 is 9.59 Å². The SMILES string of the molecule is Cc1nn(-c2ccccc2)c2nc(CC(=O)N3NC(=O)/C(=C\c4ccc(Cl)cc4)N=C3c3ccccc3)[nH]c(=O)c12. The number of carbonyl (C=O) groups is 2. The third kappa shape index (κ3) is 5.15. The fourth-order valence-electron chi connectivity index (χ4n) is 4.49. The van der Waals surface area contributed by atoms with Crippen molar-refractivity contribution in [3.05, 3.63) is 129 Å². The number of rotatable bonds is 5. The first-order chi connectivity index (χ1) is 19.9. The molecule has 10 nitrogen and oxygen atoms in total. The second kappa shape index (κ2) is 10.7. The van der Waals surface area contributed by atoms with Crippen LogP contribution in [0.2, 0.25) is 5.02 Å². The predicted octanol–water partition coefficient (Wildman–Crippen LogP) is 3.97. The van der Waals surface area contributed by atoms with Gasteiger partial charge in [-0.3, -0.25) is 19.8 Å². The molecule has 2 N–H and O–H groups in total. The summed E-state index contributed by atoms with van der Waals surface area (Å²) in [6.45, 7) is 1.73. The topological polar surface area (TPSA) is 125 Å². The highest BCUT2D eigenvalue weighted by Gasteiger charge is 2.30. The van der Waals surface area contributed by atoms with Gasteiger partial charge in [-0.1, -0.05) is 72.3 Å². The number of aliphatic imine (C=N–C) groups is 1. The summed E-state index contributed by atoms with van der Waals surface area (Å²) < 4.78 is 1.57. The maximum Gasteiger partial charge on any atom is 0.288 e. The number of aromatic amines is 1. The Hall–Kier alpha value is -5.35. The lowest BCUT2D eigenvalue weighted by Gasteiger charge is -2.28. The fourth-order valence-corrected chi connectivity index (χ4v) is 4.62. The van der Waals surface area contributed by atoms with Gasteiger partial charge in [0.2, 0.25) is 0 Å². The minimum Gasteiger partial charge on any atom is -0.309 e. The zero-order chi connectivity index (χ0) is 28.5. The molecular weight excluding hydrogens is 542 g/mol. The monoisotopic (exact) mass is 563 g/mol. The summed E-state index contributed by atoms with van der Waals surface area (Å²) in [5, 5.41) is 6.47. The van der Waals surface area contributed by atoms with E-state index in [1.807, 2.05) is 36.4 Å².